The Kier molecular flexibility index (Phi) is 3.54. The lowest BCUT2D eigenvalue weighted by Crippen LogP contribution is -2.18. The standard InChI is InChI=1S/C15H10BrNO4S/c16-11-7-6-10-8-14(15(18)19)17(13(10)9-11)22(20,21)12-4-2-1-3-5-12/h1-9H,(H,18,19). The average Bonchev–Trinajstić information content (AvgIpc) is 2.87. The van der Waals surface area contributed by atoms with Gasteiger partial charge in [-0.05, 0) is 30.3 Å². The third-order valence-corrected chi connectivity index (χ3v) is 5.46. The molecule has 0 aliphatic rings. The van der Waals surface area contributed by atoms with Gasteiger partial charge >= 0.3 is 5.97 Å². The molecule has 0 fully saturated rings. The maximum absolute atomic E-state index is 12.8. The maximum Gasteiger partial charge on any atom is 0.353 e. The minimum atomic E-state index is -4.00. The largest absolute Gasteiger partial charge is 0.477 e. The molecule has 0 amide bonds. The van der Waals surface area contributed by atoms with Crippen molar-refractivity contribution in [2.24, 2.45) is 0 Å². The van der Waals surface area contributed by atoms with Gasteiger partial charge in [-0.15, -0.1) is 0 Å². The molecule has 5 nitrogen and oxygen atoms in total. The van der Waals surface area contributed by atoms with Crippen LogP contribution in [0.5, 0.6) is 0 Å². The van der Waals surface area contributed by atoms with Gasteiger partial charge in [0.05, 0.1) is 10.4 Å². The van der Waals surface area contributed by atoms with Crippen molar-refractivity contribution in [1.29, 1.82) is 0 Å². The first-order valence-electron chi connectivity index (χ1n) is 6.26. The quantitative estimate of drug-likeness (QED) is 0.756. The molecule has 112 valence electrons. The summed E-state index contributed by atoms with van der Waals surface area (Å²) in [6.45, 7) is 0. The summed E-state index contributed by atoms with van der Waals surface area (Å²) in [5.74, 6) is -1.30. The molecule has 0 saturated heterocycles. The van der Waals surface area contributed by atoms with Crippen molar-refractivity contribution < 1.29 is 18.3 Å². The SMILES string of the molecule is O=C(O)c1cc2ccc(Br)cc2n1S(=O)(=O)c1ccccc1. The first-order chi connectivity index (χ1) is 10.4. The molecule has 0 saturated carbocycles. The first-order valence-corrected chi connectivity index (χ1v) is 8.49. The summed E-state index contributed by atoms with van der Waals surface area (Å²) < 4.78 is 27.2. The molecular weight excluding hydrogens is 370 g/mol. The highest BCUT2D eigenvalue weighted by atomic mass is 79.9. The summed E-state index contributed by atoms with van der Waals surface area (Å²) in [6, 6.07) is 14.1. The number of carboxylic acid groups (broad SMARTS) is 1. The van der Waals surface area contributed by atoms with Crippen molar-refractivity contribution in [3.63, 3.8) is 0 Å². The van der Waals surface area contributed by atoms with E-state index in [9.17, 15) is 18.3 Å². The van der Waals surface area contributed by atoms with E-state index in [1.54, 1.807) is 36.4 Å². The highest BCUT2D eigenvalue weighted by Crippen LogP contribution is 2.28. The van der Waals surface area contributed by atoms with Crippen LogP contribution in [0.25, 0.3) is 10.9 Å². The topological polar surface area (TPSA) is 76.4 Å². The molecule has 0 aliphatic carbocycles. The fourth-order valence-corrected chi connectivity index (χ4v) is 4.12. The molecular formula is C15H10BrNO4S. The van der Waals surface area contributed by atoms with Crippen molar-refractivity contribution in [3.05, 3.63) is 64.8 Å². The Morgan fingerprint density at radius 3 is 2.36 bits per heavy atom. The minimum absolute atomic E-state index is 0.0370. The third-order valence-electron chi connectivity index (χ3n) is 3.22. The number of nitrogens with zero attached hydrogens (tertiary/aromatic N) is 1. The van der Waals surface area contributed by atoms with Gasteiger partial charge in [0.1, 0.15) is 5.69 Å². The number of rotatable bonds is 3. The number of carboxylic acids is 1. The molecule has 0 bridgehead atoms. The Bertz CT molecular complexity index is 977. The Labute approximate surface area is 135 Å². The second-order valence-corrected chi connectivity index (χ2v) is 7.32. The van der Waals surface area contributed by atoms with Gasteiger partial charge in [-0.1, -0.05) is 40.2 Å². The monoisotopic (exact) mass is 379 g/mol. The van der Waals surface area contributed by atoms with Gasteiger partial charge in [0.25, 0.3) is 10.0 Å². The zero-order valence-electron chi connectivity index (χ0n) is 11.1. The summed E-state index contributed by atoms with van der Waals surface area (Å²) in [5, 5.41) is 9.89. The summed E-state index contributed by atoms with van der Waals surface area (Å²) in [4.78, 5) is 11.5. The van der Waals surface area contributed by atoms with Crippen molar-refractivity contribution >= 4 is 42.8 Å². The van der Waals surface area contributed by atoms with Crippen molar-refractivity contribution in [1.82, 2.24) is 3.97 Å². The van der Waals surface area contributed by atoms with Gasteiger partial charge in [0.15, 0.2) is 0 Å². The molecule has 0 unspecified atom stereocenters. The Morgan fingerprint density at radius 2 is 1.73 bits per heavy atom. The zero-order valence-corrected chi connectivity index (χ0v) is 13.5. The smallest absolute Gasteiger partial charge is 0.353 e. The van der Waals surface area contributed by atoms with Gasteiger partial charge < -0.3 is 5.11 Å². The Balaban J connectivity index is 2.41. The highest BCUT2D eigenvalue weighted by molar-refractivity contribution is 9.10. The van der Waals surface area contributed by atoms with Gasteiger partial charge in [0.2, 0.25) is 0 Å². The first kappa shape index (κ1) is 14.8. The molecule has 0 aliphatic heterocycles. The van der Waals surface area contributed by atoms with Crippen LogP contribution < -0.4 is 0 Å². The van der Waals surface area contributed by atoms with E-state index in [4.69, 9.17) is 0 Å². The molecule has 0 spiro atoms. The van der Waals surface area contributed by atoms with E-state index in [1.807, 2.05) is 0 Å². The summed E-state index contributed by atoms with van der Waals surface area (Å²) in [5.41, 5.74) is 0.0209. The van der Waals surface area contributed by atoms with E-state index in [-0.39, 0.29) is 10.6 Å². The van der Waals surface area contributed by atoms with E-state index in [0.717, 1.165) is 3.97 Å². The van der Waals surface area contributed by atoms with Crippen LogP contribution in [0.15, 0.2) is 64.0 Å². The van der Waals surface area contributed by atoms with E-state index in [2.05, 4.69) is 15.9 Å². The summed E-state index contributed by atoms with van der Waals surface area (Å²) >= 11 is 3.28. The second-order valence-electron chi connectivity index (χ2n) is 4.62. The number of aromatic carboxylic acids is 1. The number of halogens is 1. The van der Waals surface area contributed by atoms with Crippen LogP contribution in [0.3, 0.4) is 0 Å². The number of hydrogen-bond acceptors (Lipinski definition) is 3. The Hall–Kier alpha value is -2.12. The van der Waals surface area contributed by atoms with Crippen LogP contribution in [0.4, 0.5) is 0 Å². The lowest BCUT2D eigenvalue weighted by Gasteiger charge is -2.10. The van der Waals surface area contributed by atoms with Crippen molar-refractivity contribution in [2.45, 2.75) is 4.90 Å². The highest BCUT2D eigenvalue weighted by Gasteiger charge is 2.26. The Morgan fingerprint density at radius 1 is 1.05 bits per heavy atom. The minimum Gasteiger partial charge on any atom is -0.477 e. The van der Waals surface area contributed by atoms with E-state index < -0.39 is 16.0 Å². The maximum atomic E-state index is 12.8. The molecule has 3 rings (SSSR count). The molecule has 7 heteroatoms. The van der Waals surface area contributed by atoms with Gasteiger partial charge in [-0.2, -0.15) is 0 Å². The van der Waals surface area contributed by atoms with Crippen LogP contribution in [-0.4, -0.2) is 23.5 Å². The molecule has 3 aromatic rings. The molecule has 2 aromatic carbocycles. The van der Waals surface area contributed by atoms with Crippen LogP contribution in [0.2, 0.25) is 0 Å². The lowest BCUT2D eigenvalue weighted by atomic mass is 10.2. The van der Waals surface area contributed by atoms with E-state index >= 15 is 0 Å². The molecule has 1 heterocycles. The predicted molar refractivity (Wildman–Crippen MR) is 85.6 cm³/mol. The fourth-order valence-electron chi connectivity index (χ4n) is 2.26. The normalized spacial score (nSPS) is 11.7. The van der Waals surface area contributed by atoms with Crippen LogP contribution in [0.1, 0.15) is 10.5 Å². The molecule has 1 N–H and O–H groups in total. The summed E-state index contributed by atoms with van der Waals surface area (Å²) in [7, 11) is -4.00. The molecule has 22 heavy (non-hydrogen) atoms. The second kappa shape index (κ2) is 5.26. The third kappa shape index (κ3) is 2.32. The van der Waals surface area contributed by atoms with Crippen LogP contribution in [-0.2, 0) is 10.0 Å². The average molecular weight is 380 g/mol. The van der Waals surface area contributed by atoms with Crippen LogP contribution >= 0.6 is 15.9 Å². The predicted octanol–water partition coefficient (Wildman–Crippen LogP) is 3.34. The number of benzene rings is 2. The van der Waals surface area contributed by atoms with Crippen molar-refractivity contribution in [3.8, 4) is 0 Å². The zero-order chi connectivity index (χ0) is 15.9. The van der Waals surface area contributed by atoms with E-state index in [0.29, 0.717) is 15.4 Å². The lowest BCUT2D eigenvalue weighted by molar-refractivity contribution is 0.0689. The molecule has 0 radical (unpaired) electrons. The van der Waals surface area contributed by atoms with Crippen molar-refractivity contribution in [2.75, 3.05) is 0 Å². The number of hydrogen-bond donors (Lipinski definition) is 1. The van der Waals surface area contributed by atoms with Gasteiger partial charge in [0, 0.05) is 9.86 Å². The fraction of sp³-hybridized carbons (Fsp3) is 0. The van der Waals surface area contributed by atoms with E-state index in [1.165, 1.54) is 18.2 Å². The van der Waals surface area contributed by atoms with Gasteiger partial charge in [-0.3, -0.25) is 0 Å². The number of aromatic nitrogens is 1. The number of carbonyl (C=O) groups is 1. The summed E-state index contributed by atoms with van der Waals surface area (Å²) in [6.07, 6.45) is 0. The van der Waals surface area contributed by atoms with Gasteiger partial charge in [-0.25, -0.2) is 17.2 Å². The number of fused-ring (bicyclic) bond motifs is 1. The molecule has 0 atom stereocenters. The molecule has 1 aromatic heterocycles. The van der Waals surface area contributed by atoms with Crippen LogP contribution in [0, 0.1) is 0 Å².